The lowest BCUT2D eigenvalue weighted by Gasteiger charge is -2.31. The number of nitrogens with zero attached hydrogens (tertiary/aromatic N) is 1. The summed E-state index contributed by atoms with van der Waals surface area (Å²) in [5.74, 6) is 0.264. The number of urea groups is 1. The maximum atomic E-state index is 12.1. The second-order valence-corrected chi connectivity index (χ2v) is 5.95. The SMILES string of the molecule is CCSCCCN1C(=O)NC(=O)C(C(C)C)C1=O. The molecule has 18 heavy (non-hydrogen) atoms. The molecule has 1 unspecified atom stereocenters. The average molecular weight is 272 g/mol. The molecule has 1 saturated heterocycles. The first-order valence-corrected chi connectivity index (χ1v) is 7.38. The van der Waals surface area contributed by atoms with Crippen LogP contribution in [-0.4, -0.2) is 40.8 Å². The van der Waals surface area contributed by atoms with Gasteiger partial charge in [0.1, 0.15) is 5.92 Å². The van der Waals surface area contributed by atoms with Crippen LogP contribution in [0.3, 0.4) is 0 Å². The molecule has 1 atom stereocenters. The minimum Gasteiger partial charge on any atom is -0.277 e. The second kappa shape index (κ2) is 6.78. The van der Waals surface area contributed by atoms with E-state index in [2.05, 4.69) is 12.2 Å². The third kappa shape index (κ3) is 3.48. The van der Waals surface area contributed by atoms with Crippen LogP contribution < -0.4 is 5.32 Å². The van der Waals surface area contributed by atoms with Crippen molar-refractivity contribution in [3.05, 3.63) is 0 Å². The molecule has 5 nitrogen and oxygen atoms in total. The van der Waals surface area contributed by atoms with Crippen molar-refractivity contribution < 1.29 is 14.4 Å². The predicted molar refractivity (Wildman–Crippen MR) is 71.2 cm³/mol. The second-order valence-electron chi connectivity index (χ2n) is 4.56. The number of hydrogen-bond donors (Lipinski definition) is 1. The molecule has 102 valence electrons. The summed E-state index contributed by atoms with van der Waals surface area (Å²) in [5.41, 5.74) is 0. The van der Waals surface area contributed by atoms with E-state index in [4.69, 9.17) is 0 Å². The molecule has 0 saturated carbocycles. The highest BCUT2D eigenvalue weighted by atomic mass is 32.2. The zero-order valence-electron chi connectivity index (χ0n) is 11.1. The molecule has 1 N–H and O–H groups in total. The Morgan fingerprint density at radius 1 is 1.33 bits per heavy atom. The molecule has 1 aliphatic heterocycles. The molecule has 0 bridgehead atoms. The number of thioether (sulfide) groups is 1. The quantitative estimate of drug-likeness (QED) is 0.587. The summed E-state index contributed by atoms with van der Waals surface area (Å²) >= 11 is 1.77. The lowest BCUT2D eigenvalue weighted by Crippen LogP contribution is -2.59. The monoisotopic (exact) mass is 272 g/mol. The highest BCUT2D eigenvalue weighted by Gasteiger charge is 2.41. The molecule has 1 aliphatic rings. The first kappa shape index (κ1) is 15.0. The Labute approximate surface area is 112 Å². The Kier molecular flexibility index (Phi) is 5.65. The summed E-state index contributed by atoms with van der Waals surface area (Å²) in [7, 11) is 0. The van der Waals surface area contributed by atoms with E-state index >= 15 is 0 Å². The van der Waals surface area contributed by atoms with Crippen molar-refractivity contribution in [2.24, 2.45) is 11.8 Å². The molecule has 0 aromatic rings. The zero-order chi connectivity index (χ0) is 13.7. The van der Waals surface area contributed by atoms with Crippen molar-refractivity contribution in [3.63, 3.8) is 0 Å². The maximum absolute atomic E-state index is 12.1. The molecular formula is C12H20N2O3S. The van der Waals surface area contributed by atoms with Crippen LogP contribution in [0.4, 0.5) is 4.79 Å². The van der Waals surface area contributed by atoms with Gasteiger partial charge >= 0.3 is 6.03 Å². The number of carbonyl (C=O) groups excluding carboxylic acids is 3. The molecule has 6 heteroatoms. The summed E-state index contributed by atoms with van der Waals surface area (Å²) < 4.78 is 0. The van der Waals surface area contributed by atoms with Crippen LogP contribution in [0, 0.1) is 11.8 Å². The average Bonchev–Trinajstić information content (AvgIpc) is 2.26. The molecule has 0 aromatic carbocycles. The number of barbiturate groups is 1. The largest absolute Gasteiger partial charge is 0.330 e. The summed E-state index contributed by atoms with van der Waals surface area (Å²) in [4.78, 5) is 36.5. The lowest BCUT2D eigenvalue weighted by molar-refractivity contribution is -0.144. The number of nitrogens with one attached hydrogen (secondary N) is 1. The summed E-state index contributed by atoms with van der Waals surface area (Å²) in [6.45, 7) is 6.07. The summed E-state index contributed by atoms with van der Waals surface area (Å²) in [6.07, 6.45) is 0.761. The fourth-order valence-corrected chi connectivity index (χ4v) is 2.52. The maximum Gasteiger partial charge on any atom is 0.330 e. The van der Waals surface area contributed by atoms with Crippen molar-refractivity contribution in [1.29, 1.82) is 0 Å². The first-order chi connectivity index (χ1) is 8.49. The van der Waals surface area contributed by atoms with Gasteiger partial charge in [-0.05, 0) is 23.8 Å². The van der Waals surface area contributed by atoms with Gasteiger partial charge in [-0.2, -0.15) is 11.8 Å². The van der Waals surface area contributed by atoms with E-state index in [1.807, 2.05) is 13.8 Å². The van der Waals surface area contributed by atoms with E-state index in [-0.39, 0.29) is 11.8 Å². The van der Waals surface area contributed by atoms with Crippen LogP contribution >= 0.6 is 11.8 Å². The van der Waals surface area contributed by atoms with Gasteiger partial charge in [0.25, 0.3) is 0 Å². The van der Waals surface area contributed by atoms with E-state index in [1.165, 1.54) is 4.90 Å². The summed E-state index contributed by atoms with van der Waals surface area (Å²) in [5, 5.41) is 2.25. The molecule has 4 amide bonds. The van der Waals surface area contributed by atoms with Crippen molar-refractivity contribution in [2.45, 2.75) is 27.2 Å². The van der Waals surface area contributed by atoms with Gasteiger partial charge in [-0.25, -0.2) is 4.79 Å². The Morgan fingerprint density at radius 3 is 2.56 bits per heavy atom. The van der Waals surface area contributed by atoms with E-state index in [0.717, 1.165) is 17.9 Å². The Hall–Kier alpha value is -1.04. The number of rotatable bonds is 6. The van der Waals surface area contributed by atoms with Crippen LogP contribution in [0.1, 0.15) is 27.2 Å². The fraction of sp³-hybridized carbons (Fsp3) is 0.750. The normalized spacial score (nSPS) is 20.6. The first-order valence-electron chi connectivity index (χ1n) is 6.23. The van der Waals surface area contributed by atoms with Crippen molar-refractivity contribution >= 4 is 29.6 Å². The molecule has 0 spiro atoms. The van der Waals surface area contributed by atoms with Crippen LogP contribution in [0.25, 0.3) is 0 Å². The van der Waals surface area contributed by atoms with Crippen molar-refractivity contribution in [3.8, 4) is 0 Å². The van der Waals surface area contributed by atoms with Crippen LogP contribution in [0.5, 0.6) is 0 Å². The van der Waals surface area contributed by atoms with Gasteiger partial charge in [0.05, 0.1) is 0 Å². The van der Waals surface area contributed by atoms with Crippen LogP contribution in [0.15, 0.2) is 0 Å². The standard InChI is InChI=1S/C12H20N2O3S/c1-4-18-7-5-6-14-11(16)9(8(2)3)10(15)13-12(14)17/h8-9H,4-7H2,1-3H3,(H,13,15,17). The number of hydrogen-bond acceptors (Lipinski definition) is 4. The van der Waals surface area contributed by atoms with Gasteiger partial charge in [-0.1, -0.05) is 20.8 Å². The van der Waals surface area contributed by atoms with Gasteiger partial charge in [0.15, 0.2) is 0 Å². The number of carbonyl (C=O) groups is 3. The third-order valence-electron chi connectivity index (χ3n) is 2.83. The minimum atomic E-state index is -0.735. The van der Waals surface area contributed by atoms with E-state index in [1.54, 1.807) is 11.8 Å². The highest BCUT2D eigenvalue weighted by molar-refractivity contribution is 7.99. The third-order valence-corrected chi connectivity index (χ3v) is 3.82. The predicted octanol–water partition coefficient (Wildman–Crippen LogP) is 1.48. The van der Waals surface area contributed by atoms with Gasteiger partial charge in [0, 0.05) is 6.54 Å². The zero-order valence-corrected chi connectivity index (χ0v) is 11.9. The van der Waals surface area contributed by atoms with E-state index in [0.29, 0.717) is 6.54 Å². The Balaban J connectivity index is 2.63. The lowest BCUT2D eigenvalue weighted by atomic mass is 9.92. The fourth-order valence-electron chi connectivity index (χ4n) is 1.90. The Morgan fingerprint density at radius 2 is 2.00 bits per heavy atom. The molecule has 0 aromatic heterocycles. The van der Waals surface area contributed by atoms with Gasteiger partial charge in [0.2, 0.25) is 11.8 Å². The minimum absolute atomic E-state index is 0.0990. The molecule has 0 radical (unpaired) electrons. The molecular weight excluding hydrogens is 252 g/mol. The van der Waals surface area contributed by atoms with Gasteiger partial charge in [-0.3, -0.25) is 19.8 Å². The Bertz CT molecular complexity index is 344. The van der Waals surface area contributed by atoms with Gasteiger partial charge in [-0.15, -0.1) is 0 Å². The number of amides is 4. The van der Waals surface area contributed by atoms with Crippen molar-refractivity contribution in [2.75, 3.05) is 18.1 Å². The molecule has 0 aliphatic carbocycles. The van der Waals surface area contributed by atoms with Gasteiger partial charge < -0.3 is 0 Å². The molecule has 1 fully saturated rings. The smallest absolute Gasteiger partial charge is 0.277 e. The van der Waals surface area contributed by atoms with Crippen LogP contribution in [-0.2, 0) is 9.59 Å². The topological polar surface area (TPSA) is 66.5 Å². The van der Waals surface area contributed by atoms with Crippen LogP contribution in [0.2, 0.25) is 0 Å². The van der Waals surface area contributed by atoms with E-state index in [9.17, 15) is 14.4 Å². The summed E-state index contributed by atoms with van der Waals surface area (Å²) in [6, 6.07) is -0.580. The molecule has 1 rings (SSSR count). The van der Waals surface area contributed by atoms with E-state index < -0.39 is 17.9 Å². The number of imide groups is 2. The molecule has 1 heterocycles. The van der Waals surface area contributed by atoms with Crippen molar-refractivity contribution in [1.82, 2.24) is 10.2 Å². The highest BCUT2D eigenvalue weighted by Crippen LogP contribution is 2.19.